The summed E-state index contributed by atoms with van der Waals surface area (Å²) in [5.74, 6) is -2.64. The number of carbonyl (C=O) groups is 4. The topological polar surface area (TPSA) is 117 Å². The molecule has 11 heteroatoms. The van der Waals surface area contributed by atoms with Crippen molar-refractivity contribution >= 4 is 35.0 Å². The molecule has 3 aliphatic heterocycles. The van der Waals surface area contributed by atoms with E-state index in [1.54, 1.807) is 18.2 Å². The summed E-state index contributed by atoms with van der Waals surface area (Å²) in [4.78, 5) is 53.0. The van der Waals surface area contributed by atoms with E-state index in [0.29, 0.717) is 32.1 Å². The van der Waals surface area contributed by atoms with Crippen LogP contribution in [0.4, 0.5) is 15.8 Å². The Bertz CT molecular complexity index is 1230. The lowest BCUT2D eigenvalue weighted by Crippen LogP contribution is -2.54. The number of benzene rings is 2. The van der Waals surface area contributed by atoms with Gasteiger partial charge in [0.05, 0.1) is 35.7 Å². The number of ether oxygens (including phenoxy) is 2. The van der Waals surface area contributed by atoms with Gasteiger partial charge in [-0.15, -0.1) is 0 Å². The summed E-state index contributed by atoms with van der Waals surface area (Å²) in [5, 5.41) is 5.06. The van der Waals surface area contributed by atoms with Crippen molar-refractivity contribution in [3.63, 3.8) is 0 Å². The fraction of sp³-hybridized carbons (Fsp3) is 0.360. The highest BCUT2D eigenvalue weighted by Gasteiger charge is 2.45. The van der Waals surface area contributed by atoms with E-state index in [1.807, 2.05) is 0 Å². The van der Waals surface area contributed by atoms with Crippen LogP contribution in [0.25, 0.3) is 0 Å². The lowest BCUT2D eigenvalue weighted by Gasteiger charge is -2.27. The molecule has 0 aromatic heterocycles. The number of halogens is 1. The third-order valence-corrected chi connectivity index (χ3v) is 6.46. The minimum absolute atomic E-state index is 0.0288. The van der Waals surface area contributed by atoms with Gasteiger partial charge in [0.1, 0.15) is 24.2 Å². The molecule has 188 valence electrons. The normalized spacial score (nSPS) is 20.4. The van der Waals surface area contributed by atoms with Gasteiger partial charge < -0.3 is 14.8 Å². The molecule has 0 saturated carbocycles. The van der Waals surface area contributed by atoms with Gasteiger partial charge in [-0.1, -0.05) is 6.07 Å². The van der Waals surface area contributed by atoms with E-state index in [-0.39, 0.29) is 35.3 Å². The molecule has 0 bridgehead atoms. The molecule has 2 fully saturated rings. The maximum absolute atomic E-state index is 14.9. The van der Waals surface area contributed by atoms with Gasteiger partial charge in [0.25, 0.3) is 11.8 Å². The van der Waals surface area contributed by atoms with Gasteiger partial charge in [-0.25, -0.2) is 4.39 Å². The van der Waals surface area contributed by atoms with Crippen LogP contribution in [0, 0.1) is 5.82 Å². The monoisotopic (exact) mass is 496 g/mol. The first-order valence-corrected chi connectivity index (χ1v) is 11.8. The zero-order chi connectivity index (χ0) is 25.2. The highest BCUT2D eigenvalue weighted by molar-refractivity contribution is 6.25. The Labute approximate surface area is 206 Å². The molecule has 1 unspecified atom stereocenters. The fourth-order valence-corrected chi connectivity index (χ4v) is 4.57. The highest BCUT2D eigenvalue weighted by Crippen LogP contribution is 2.34. The summed E-state index contributed by atoms with van der Waals surface area (Å²) in [6.07, 6.45) is 0.0848. The van der Waals surface area contributed by atoms with Crippen molar-refractivity contribution in [2.24, 2.45) is 0 Å². The summed E-state index contributed by atoms with van der Waals surface area (Å²) in [6.45, 7) is 4.18. The second kappa shape index (κ2) is 10.0. The lowest BCUT2D eigenvalue weighted by atomic mass is 10.0. The standard InChI is InChI=1S/C25H25FN4O6/c26-17-14-15(36-13-10-29-8-11-35-12-9-29)4-5-18(17)27-19-3-1-2-16-22(19)25(34)30(24(16)33)20-6-7-21(31)28-23(20)32/h1-5,14,20,27H,6-13H2,(H,28,31,32). The Morgan fingerprint density at radius 3 is 2.61 bits per heavy atom. The molecule has 2 saturated heterocycles. The first-order valence-electron chi connectivity index (χ1n) is 11.8. The number of nitrogens with zero attached hydrogens (tertiary/aromatic N) is 2. The molecule has 36 heavy (non-hydrogen) atoms. The Kier molecular flexibility index (Phi) is 6.66. The number of amides is 4. The van der Waals surface area contributed by atoms with Crippen LogP contribution in [0.15, 0.2) is 36.4 Å². The lowest BCUT2D eigenvalue weighted by molar-refractivity contribution is -0.136. The Balaban J connectivity index is 1.29. The molecule has 2 N–H and O–H groups in total. The van der Waals surface area contributed by atoms with E-state index in [1.165, 1.54) is 18.2 Å². The molecule has 0 spiro atoms. The van der Waals surface area contributed by atoms with Gasteiger partial charge in [-0.3, -0.25) is 34.3 Å². The van der Waals surface area contributed by atoms with E-state index in [4.69, 9.17) is 9.47 Å². The van der Waals surface area contributed by atoms with E-state index >= 15 is 0 Å². The Morgan fingerprint density at radius 2 is 1.86 bits per heavy atom. The predicted octanol–water partition coefficient (Wildman–Crippen LogP) is 1.68. The van der Waals surface area contributed by atoms with Gasteiger partial charge in [0.2, 0.25) is 11.8 Å². The second-order valence-corrected chi connectivity index (χ2v) is 8.74. The van der Waals surface area contributed by atoms with Crippen molar-refractivity contribution in [3.05, 3.63) is 53.3 Å². The van der Waals surface area contributed by atoms with E-state index in [0.717, 1.165) is 18.0 Å². The molecule has 0 aliphatic carbocycles. The number of nitrogens with one attached hydrogen (secondary N) is 2. The van der Waals surface area contributed by atoms with Crippen LogP contribution < -0.4 is 15.4 Å². The van der Waals surface area contributed by atoms with Crippen LogP contribution >= 0.6 is 0 Å². The highest BCUT2D eigenvalue weighted by atomic mass is 19.1. The molecule has 10 nitrogen and oxygen atoms in total. The fourth-order valence-electron chi connectivity index (χ4n) is 4.57. The molecule has 3 heterocycles. The number of anilines is 2. The first-order chi connectivity index (χ1) is 17.4. The largest absolute Gasteiger partial charge is 0.492 e. The molecule has 3 aliphatic rings. The zero-order valence-electron chi connectivity index (χ0n) is 19.4. The molecule has 5 rings (SSSR count). The zero-order valence-corrected chi connectivity index (χ0v) is 19.4. The quantitative estimate of drug-likeness (QED) is 0.556. The second-order valence-electron chi connectivity index (χ2n) is 8.74. The first kappa shape index (κ1) is 23.9. The SMILES string of the molecule is O=C1CCC(N2C(=O)c3cccc(Nc4ccc(OCCN5CCOCC5)cc4F)c3C2=O)C(=O)N1. The van der Waals surface area contributed by atoms with Crippen molar-refractivity contribution in [3.8, 4) is 5.75 Å². The number of carbonyl (C=O) groups excluding carboxylic acids is 4. The number of hydrogen-bond acceptors (Lipinski definition) is 8. The average molecular weight is 496 g/mol. The van der Waals surface area contributed by atoms with Crippen LogP contribution in [0.1, 0.15) is 33.6 Å². The summed E-state index contributed by atoms with van der Waals surface area (Å²) >= 11 is 0. The third-order valence-electron chi connectivity index (χ3n) is 6.46. The maximum atomic E-state index is 14.9. The number of hydrogen-bond donors (Lipinski definition) is 2. The minimum atomic E-state index is -1.08. The molecule has 2 aromatic carbocycles. The van der Waals surface area contributed by atoms with Gasteiger partial charge in [0, 0.05) is 32.1 Å². The molecule has 2 aromatic rings. The van der Waals surface area contributed by atoms with Gasteiger partial charge in [-0.05, 0) is 30.7 Å². The number of morpholine rings is 1. The van der Waals surface area contributed by atoms with Crippen molar-refractivity contribution in [2.75, 3.05) is 44.8 Å². The summed E-state index contributed by atoms with van der Waals surface area (Å²) in [5.41, 5.74) is 0.500. The third kappa shape index (κ3) is 4.67. The van der Waals surface area contributed by atoms with Gasteiger partial charge in [-0.2, -0.15) is 0 Å². The van der Waals surface area contributed by atoms with Crippen molar-refractivity contribution < 1.29 is 33.0 Å². The van der Waals surface area contributed by atoms with Gasteiger partial charge >= 0.3 is 0 Å². The molecular formula is C25H25FN4O6. The molecular weight excluding hydrogens is 471 g/mol. The van der Waals surface area contributed by atoms with Crippen LogP contribution in [0.2, 0.25) is 0 Å². The van der Waals surface area contributed by atoms with Crippen LogP contribution in [0.5, 0.6) is 5.75 Å². The predicted molar refractivity (Wildman–Crippen MR) is 126 cm³/mol. The van der Waals surface area contributed by atoms with Gasteiger partial charge in [0.15, 0.2) is 0 Å². The minimum Gasteiger partial charge on any atom is -0.492 e. The van der Waals surface area contributed by atoms with Crippen LogP contribution in [0.3, 0.4) is 0 Å². The van der Waals surface area contributed by atoms with Crippen molar-refractivity contribution in [1.29, 1.82) is 0 Å². The van der Waals surface area contributed by atoms with Crippen LogP contribution in [-0.4, -0.2) is 78.9 Å². The smallest absolute Gasteiger partial charge is 0.264 e. The van der Waals surface area contributed by atoms with E-state index in [9.17, 15) is 23.6 Å². The number of fused-ring (bicyclic) bond motifs is 1. The summed E-state index contributed by atoms with van der Waals surface area (Å²) in [6, 6.07) is 7.91. The van der Waals surface area contributed by atoms with Crippen molar-refractivity contribution in [1.82, 2.24) is 15.1 Å². The number of imide groups is 2. The van der Waals surface area contributed by atoms with E-state index in [2.05, 4.69) is 15.5 Å². The van der Waals surface area contributed by atoms with E-state index < -0.39 is 35.5 Å². The molecule has 1 atom stereocenters. The number of rotatable bonds is 7. The molecule has 0 radical (unpaired) electrons. The van der Waals surface area contributed by atoms with Crippen molar-refractivity contribution in [2.45, 2.75) is 18.9 Å². The number of piperidine rings is 1. The average Bonchev–Trinajstić information content (AvgIpc) is 3.12. The Morgan fingerprint density at radius 1 is 1.06 bits per heavy atom. The molecule has 4 amide bonds. The summed E-state index contributed by atoms with van der Waals surface area (Å²) in [7, 11) is 0. The maximum Gasteiger partial charge on any atom is 0.264 e. The summed E-state index contributed by atoms with van der Waals surface area (Å²) < 4.78 is 25.9. The van der Waals surface area contributed by atoms with Crippen LogP contribution in [-0.2, 0) is 14.3 Å². The Hall–Kier alpha value is -3.83.